The Hall–Kier alpha value is -4.13. The Morgan fingerprint density at radius 3 is 2.33 bits per heavy atom. The minimum Gasteiger partial charge on any atom is -0.507 e. The van der Waals surface area contributed by atoms with Crippen molar-refractivity contribution in [3.8, 4) is 11.5 Å². The minimum atomic E-state index is -1.04. The van der Waals surface area contributed by atoms with Crippen molar-refractivity contribution in [2.45, 2.75) is 33.3 Å². The van der Waals surface area contributed by atoms with Crippen LogP contribution in [0.4, 0.5) is 5.69 Å². The summed E-state index contributed by atoms with van der Waals surface area (Å²) in [5, 5.41) is 22.2. The molecule has 0 aliphatic carbocycles. The number of hydrogen-bond acceptors (Lipinski definition) is 5. The first-order chi connectivity index (χ1) is 15.8. The van der Waals surface area contributed by atoms with E-state index in [2.05, 4.69) is 5.32 Å². The van der Waals surface area contributed by atoms with E-state index in [-0.39, 0.29) is 35.2 Å². The second-order valence-electron chi connectivity index (χ2n) is 7.57. The molecule has 0 saturated heterocycles. The predicted molar refractivity (Wildman–Crippen MR) is 124 cm³/mol. The van der Waals surface area contributed by atoms with E-state index in [9.17, 15) is 19.5 Å². The molecule has 3 N–H and O–H groups in total. The van der Waals surface area contributed by atoms with Gasteiger partial charge in [-0.2, -0.15) is 0 Å². The molecule has 0 radical (unpaired) electrons. The van der Waals surface area contributed by atoms with Gasteiger partial charge in [-0.1, -0.05) is 25.5 Å². The number of carbonyl (C=O) groups is 3. The molecule has 33 heavy (non-hydrogen) atoms. The molecule has 0 unspecified atom stereocenters. The number of phenolic OH excluding ortho intramolecular Hbond substituents is 1. The van der Waals surface area contributed by atoms with Crippen LogP contribution in [0.3, 0.4) is 0 Å². The summed E-state index contributed by atoms with van der Waals surface area (Å²) in [6.07, 6.45) is 1.33. The molecular formula is C26H25NO6. The van der Waals surface area contributed by atoms with Crippen LogP contribution in [0.1, 0.15) is 62.5 Å². The van der Waals surface area contributed by atoms with Crippen molar-refractivity contribution in [2.75, 3.05) is 5.32 Å². The Morgan fingerprint density at radius 2 is 1.70 bits per heavy atom. The SMILES string of the molecule is CCCc1c(OCc2cccc(C(=O)Nc3ccc(C(=O)O)cc3)c2)ccc(C(C)=O)c1O. The molecule has 0 fully saturated rings. The molecule has 7 nitrogen and oxygen atoms in total. The van der Waals surface area contributed by atoms with Crippen LogP contribution in [0, 0.1) is 0 Å². The fraction of sp³-hybridized carbons (Fsp3) is 0.192. The second-order valence-corrected chi connectivity index (χ2v) is 7.57. The Balaban J connectivity index is 1.72. The third-order valence-corrected chi connectivity index (χ3v) is 5.09. The zero-order valence-corrected chi connectivity index (χ0v) is 18.4. The summed E-state index contributed by atoms with van der Waals surface area (Å²) < 4.78 is 5.92. The van der Waals surface area contributed by atoms with Gasteiger partial charge >= 0.3 is 5.97 Å². The third-order valence-electron chi connectivity index (χ3n) is 5.09. The van der Waals surface area contributed by atoms with Gasteiger partial charge < -0.3 is 20.3 Å². The van der Waals surface area contributed by atoms with E-state index < -0.39 is 5.97 Å². The van der Waals surface area contributed by atoms with Gasteiger partial charge in [0.05, 0.1) is 11.1 Å². The maximum atomic E-state index is 12.6. The number of anilines is 1. The molecule has 7 heteroatoms. The van der Waals surface area contributed by atoms with Gasteiger partial charge in [0.2, 0.25) is 0 Å². The molecule has 3 rings (SSSR count). The zero-order chi connectivity index (χ0) is 24.0. The van der Waals surface area contributed by atoms with Gasteiger partial charge in [-0.3, -0.25) is 9.59 Å². The molecular weight excluding hydrogens is 422 g/mol. The number of carboxylic acid groups (broad SMARTS) is 1. The first-order valence-corrected chi connectivity index (χ1v) is 10.5. The lowest BCUT2D eigenvalue weighted by atomic mass is 10.0. The summed E-state index contributed by atoms with van der Waals surface area (Å²) in [6.45, 7) is 3.55. The van der Waals surface area contributed by atoms with Gasteiger partial charge in [0.1, 0.15) is 18.1 Å². The number of Topliss-reactive ketones (excluding diaryl/α,β-unsaturated/α-hetero) is 1. The number of ether oxygens (including phenoxy) is 1. The van der Waals surface area contributed by atoms with Crippen LogP contribution >= 0.6 is 0 Å². The van der Waals surface area contributed by atoms with Gasteiger partial charge in [0, 0.05) is 16.8 Å². The van der Waals surface area contributed by atoms with Gasteiger partial charge in [0.25, 0.3) is 5.91 Å². The highest BCUT2D eigenvalue weighted by Crippen LogP contribution is 2.33. The zero-order valence-electron chi connectivity index (χ0n) is 18.4. The van der Waals surface area contributed by atoms with E-state index in [0.29, 0.717) is 29.0 Å². The highest BCUT2D eigenvalue weighted by atomic mass is 16.5. The lowest BCUT2D eigenvalue weighted by Gasteiger charge is -2.15. The second kappa shape index (κ2) is 10.5. The number of hydrogen-bond donors (Lipinski definition) is 3. The van der Waals surface area contributed by atoms with Crippen molar-refractivity contribution in [2.24, 2.45) is 0 Å². The average molecular weight is 447 g/mol. The number of aromatic carboxylic acids is 1. The number of rotatable bonds is 9. The molecule has 0 atom stereocenters. The molecule has 0 heterocycles. The number of aromatic hydroxyl groups is 1. The van der Waals surface area contributed by atoms with E-state index in [4.69, 9.17) is 9.84 Å². The molecule has 3 aromatic carbocycles. The Morgan fingerprint density at radius 1 is 0.970 bits per heavy atom. The van der Waals surface area contributed by atoms with Gasteiger partial charge in [-0.25, -0.2) is 4.79 Å². The molecule has 1 amide bonds. The maximum absolute atomic E-state index is 12.6. The van der Waals surface area contributed by atoms with Crippen molar-refractivity contribution in [1.29, 1.82) is 0 Å². The Kier molecular flexibility index (Phi) is 7.46. The van der Waals surface area contributed by atoms with Crippen LogP contribution in [0.25, 0.3) is 0 Å². The smallest absolute Gasteiger partial charge is 0.335 e. The first kappa shape index (κ1) is 23.5. The number of benzene rings is 3. The quantitative estimate of drug-likeness (QED) is 0.395. The van der Waals surface area contributed by atoms with Crippen molar-refractivity contribution in [3.63, 3.8) is 0 Å². The molecule has 0 aromatic heterocycles. The van der Waals surface area contributed by atoms with E-state index in [1.54, 1.807) is 30.3 Å². The molecule has 0 aliphatic rings. The van der Waals surface area contributed by atoms with Crippen LogP contribution in [-0.4, -0.2) is 27.9 Å². The van der Waals surface area contributed by atoms with E-state index in [0.717, 1.165) is 12.0 Å². The minimum absolute atomic E-state index is 0.0519. The van der Waals surface area contributed by atoms with Gasteiger partial charge in [-0.05, 0) is 67.4 Å². The van der Waals surface area contributed by atoms with E-state index >= 15 is 0 Å². The molecule has 0 aliphatic heterocycles. The van der Waals surface area contributed by atoms with Crippen LogP contribution in [0.2, 0.25) is 0 Å². The highest BCUT2D eigenvalue weighted by Gasteiger charge is 2.16. The standard InChI is InChI=1S/C26H25NO6/c1-3-5-22-23(13-12-21(16(2)28)24(22)29)33-15-17-6-4-7-19(14-17)25(30)27-20-10-8-18(9-11-20)26(31)32/h4,6-14,29H,3,5,15H2,1-2H3,(H,27,30)(H,31,32). The van der Waals surface area contributed by atoms with Crippen molar-refractivity contribution < 1.29 is 29.3 Å². The van der Waals surface area contributed by atoms with Gasteiger partial charge in [0.15, 0.2) is 5.78 Å². The normalized spacial score (nSPS) is 10.5. The topological polar surface area (TPSA) is 113 Å². The van der Waals surface area contributed by atoms with E-state index in [1.165, 1.54) is 31.2 Å². The number of phenols is 1. The predicted octanol–water partition coefficient (Wildman–Crippen LogP) is 5.08. The summed E-state index contributed by atoms with van der Waals surface area (Å²) in [5.74, 6) is -1.15. The van der Waals surface area contributed by atoms with Crippen molar-refractivity contribution in [1.82, 2.24) is 0 Å². The van der Waals surface area contributed by atoms with Crippen LogP contribution in [0.15, 0.2) is 60.7 Å². The largest absolute Gasteiger partial charge is 0.507 e. The lowest BCUT2D eigenvalue weighted by Crippen LogP contribution is -2.12. The van der Waals surface area contributed by atoms with Gasteiger partial charge in [-0.15, -0.1) is 0 Å². The maximum Gasteiger partial charge on any atom is 0.335 e. The summed E-state index contributed by atoms with van der Waals surface area (Å²) in [6, 6.07) is 16.1. The molecule has 0 saturated carbocycles. The molecule has 3 aromatic rings. The Bertz CT molecular complexity index is 1180. The molecule has 0 bridgehead atoms. The van der Waals surface area contributed by atoms with Crippen molar-refractivity contribution >= 4 is 23.3 Å². The third kappa shape index (κ3) is 5.77. The van der Waals surface area contributed by atoms with E-state index in [1.807, 2.05) is 13.0 Å². The number of carboxylic acids is 1. The number of carbonyl (C=O) groups excluding carboxylic acids is 2. The van der Waals surface area contributed by atoms with Crippen LogP contribution < -0.4 is 10.1 Å². The highest BCUT2D eigenvalue weighted by molar-refractivity contribution is 6.04. The molecule has 170 valence electrons. The number of amides is 1. The average Bonchev–Trinajstić information content (AvgIpc) is 2.80. The first-order valence-electron chi connectivity index (χ1n) is 10.5. The molecule has 0 spiro atoms. The van der Waals surface area contributed by atoms with Crippen LogP contribution in [-0.2, 0) is 13.0 Å². The monoisotopic (exact) mass is 447 g/mol. The van der Waals surface area contributed by atoms with Crippen molar-refractivity contribution in [3.05, 3.63) is 88.5 Å². The summed E-state index contributed by atoms with van der Waals surface area (Å²) >= 11 is 0. The summed E-state index contributed by atoms with van der Waals surface area (Å²) in [5.41, 5.74) is 2.64. The fourth-order valence-corrected chi connectivity index (χ4v) is 3.39. The summed E-state index contributed by atoms with van der Waals surface area (Å²) in [4.78, 5) is 35.3. The number of nitrogens with one attached hydrogen (secondary N) is 1. The fourth-order valence-electron chi connectivity index (χ4n) is 3.39. The summed E-state index contributed by atoms with van der Waals surface area (Å²) in [7, 11) is 0. The lowest BCUT2D eigenvalue weighted by molar-refractivity contribution is 0.0696. The van der Waals surface area contributed by atoms with Crippen LogP contribution in [0.5, 0.6) is 11.5 Å². The number of ketones is 1. The Labute approximate surface area is 191 Å².